The highest BCUT2D eigenvalue weighted by Gasteiger charge is 2.16. The van der Waals surface area contributed by atoms with Gasteiger partial charge in [0, 0.05) is 0 Å². The standard InChI is InChI=1S/C20H26N2O2/c1-3-17(24-19-12-8-7-9-15(19)2)14-22-20(23)18(21)13-16-10-5-4-6-11-16/h4-12,17-18H,3,13-14,21H2,1-2H3,(H,22,23)/t17?,18-/m0/s1. The van der Waals surface area contributed by atoms with E-state index in [2.05, 4.69) is 5.32 Å². The fraction of sp³-hybridized carbons (Fsp3) is 0.350. The number of rotatable bonds is 8. The summed E-state index contributed by atoms with van der Waals surface area (Å²) in [4.78, 5) is 12.2. The first-order valence-corrected chi connectivity index (χ1v) is 8.39. The number of ether oxygens (including phenoxy) is 1. The van der Waals surface area contributed by atoms with Crippen molar-refractivity contribution in [3.8, 4) is 5.75 Å². The number of aryl methyl sites for hydroxylation is 1. The highest BCUT2D eigenvalue weighted by molar-refractivity contribution is 5.81. The predicted octanol–water partition coefficient (Wildman–Crippen LogP) is 2.84. The van der Waals surface area contributed by atoms with Gasteiger partial charge < -0.3 is 15.8 Å². The lowest BCUT2D eigenvalue weighted by Crippen LogP contribution is -2.45. The molecule has 1 amide bonds. The Bertz CT molecular complexity index is 643. The molecule has 0 aliphatic rings. The minimum absolute atomic E-state index is 0.0704. The van der Waals surface area contributed by atoms with Crippen LogP contribution in [0.1, 0.15) is 24.5 Å². The van der Waals surface area contributed by atoms with Crippen molar-refractivity contribution in [1.82, 2.24) is 5.32 Å². The molecule has 0 heterocycles. The third-order valence-electron chi connectivity index (χ3n) is 3.98. The van der Waals surface area contributed by atoms with Gasteiger partial charge in [0.25, 0.3) is 0 Å². The van der Waals surface area contributed by atoms with E-state index in [1.165, 1.54) is 0 Å². The van der Waals surface area contributed by atoms with E-state index < -0.39 is 6.04 Å². The molecule has 0 bridgehead atoms. The van der Waals surface area contributed by atoms with Crippen LogP contribution < -0.4 is 15.8 Å². The van der Waals surface area contributed by atoms with Gasteiger partial charge in [-0.15, -0.1) is 0 Å². The Morgan fingerprint density at radius 3 is 2.46 bits per heavy atom. The first-order valence-electron chi connectivity index (χ1n) is 8.39. The third-order valence-corrected chi connectivity index (χ3v) is 3.98. The number of carbonyl (C=O) groups is 1. The predicted molar refractivity (Wildman–Crippen MR) is 97.0 cm³/mol. The van der Waals surface area contributed by atoms with Crippen molar-refractivity contribution < 1.29 is 9.53 Å². The zero-order valence-corrected chi connectivity index (χ0v) is 14.4. The van der Waals surface area contributed by atoms with Crippen LogP contribution in [0.5, 0.6) is 5.75 Å². The van der Waals surface area contributed by atoms with Crippen LogP contribution in [0, 0.1) is 6.92 Å². The number of hydrogen-bond donors (Lipinski definition) is 2. The third kappa shape index (κ3) is 5.39. The van der Waals surface area contributed by atoms with Crippen molar-refractivity contribution in [2.75, 3.05) is 6.54 Å². The normalized spacial score (nSPS) is 13.1. The summed E-state index contributed by atoms with van der Waals surface area (Å²) in [5, 5.41) is 2.90. The largest absolute Gasteiger partial charge is 0.488 e. The molecule has 0 fully saturated rings. The minimum Gasteiger partial charge on any atom is -0.488 e. The Morgan fingerprint density at radius 1 is 1.12 bits per heavy atom. The Labute approximate surface area is 144 Å². The molecule has 0 aliphatic carbocycles. The van der Waals surface area contributed by atoms with Crippen molar-refractivity contribution in [1.29, 1.82) is 0 Å². The van der Waals surface area contributed by atoms with Crippen LogP contribution in [0.25, 0.3) is 0 Å². The van der Waals surface area contributed by atoms with Crippen LogP contribution in [0.2, 0.25) is 0 Å². The maximum absolute atomic E-state index is 12.2. The highest BCUT2D eigenvalue weighted by atomic mass is 16.5. The Hall–Kier alpha value is -2.33. The van der Waals surface area contributed by atoms with Crippen molar-refractivity contribution in [2.24, 2.45) is 5.73 Å². The summed E-state index contributed by atoms with van der Waals surface area (Å²) in [6.07, 6.45) is 1.27. The number of carbonyl (C=O) groups excluding carboxylic acids is 1. The molecular formula is C20H26N2O2. The molecule has 0 radical (unpaired) electrons. The zero-order chi connectivity index (χ0) is 17.4. The summed E-state index contributed by atoms with van der Waals surface area (Å²) in [5.74, 6) is 0.706. The van der Waals surface area contributed by atoms with Gasteiger partial charge in [0.1, 0.15) is 11.9 Å². The topological polar surface area (TPSA) is 64.4 Å². The number of benzene rings is 2. The molecule has 2 aromatic rings. The molecule has 128 valence electrons. The summed E-state index contributed by atoms with van der Waals surface area (Å²) < 4.78 is 5.99. The Kier molecular flexibility index (Phi) is 6.82. The second-order valence-electron chi connectivity index (χ2n) is 5.95. The van der Waals surface area contributed by atoms with Crippen LogP contribution in [0.4, 0.5) is 0 Å². The zero-order valence-electron chi connectivity index (χ0n) is 14.4. The van der Waals surface area contributed by atoms with Crippen molar-refractivity contribution in [2.45, 2.75) is 38.8 Å². The van der Waals surface area contributed by atoms with E-state index in [0.29, 0.717) is 13.0 Å². The first kappa shape index (κ1) is 18.0. The maximum atomic E-state index is 12.2. The fourth-order valence-corrected chi connectivity index (χ4v) is 2.44. The lowest BCUT2D eigenvalue weighted by Gasteiger charge is -2.20. The van der Waals surface area contributed by atoms with Gasteiger partial charge in [0.05, 0.1) is 12.6 Å². The number of hydrogen-bond acceptors (Lipinski definition) is 3. The summed E-state index contributed by atoms with van der Waals surface area (Å²) >= 11 is 0. The lowest BCUT2D eigenvalue weighted by atomic mass is 10.1. The quantitative estimate of drug-likeness (QED) is 0.784. The molecule has 4 heteroatoms. The SMILES string of the molecule is CCC(CNC(=O)[C@@H](N)Cc1ccccc1)Oc1ccccc1C. The molecule has 0 saturated heterocycles. The molecule has 0 aromatic heterocycles. The summed E-state index contributed by atoms with van der Waals surface area (Å²) in [7, 11) is 0. The Balaban J connectivity index is 1.83. The van der Waals surface area contributed by atoms with Crippen LogP contribution in [0.15, 0.2) is 54.6 Å². The highest BCUT2D eigenvalue weighted by Crippen LogP contribution is 2.18. The molecule has 2 aromatic carbocycles. The molecule has 1 unspecified atom stereocenters. The van der Waals surface area contributed by atoms with Gasteiger partial charge in [-0.1, -0.05) is 55.5 Å². The van der Waals surface area contributed by atoms with Gasteiger partial charge in [-0.25, -0.2) is 0 Å². The molecule has 0 saturated carbocycles. The van der Waals surface area contributed by atoms with Crippen molar-refractivity contribution in [3.05, 3.63) is 65.7 Å². The van der Waals surface area contributed by atoms with Crippen LogP contribution >= 0.6 is 0 Å². The van der Waals surface area contributed by atoms with Gasteiger partial charge in [0.2, 0.25) is 5.91 Å². The van der Waals surface area contributed by atoms with Gasteiger partial charge >= 0.3 is 0 Å². The van der Waals surface area contributed by atoms with Gasteiger partial charge in [-0.2, -0.15) is 0 Å². The van der Waals surface area contributed by atoms with Gasteiger partial charge in [-0.3, -0.25) is 4.79 Å². The molecule has 0 spiro atoms. The fourth-order valence-electron chi connectivity index (χ4n) is 2.44. The van der Waals surface area contributed by atoms with E-state index in [1.807, 2.05) is 68.4 Å². The second-order valence-corrected chi connectivity index (χ2v) is 5.95. The van der Waals surface area contributed by atoms with Crippen LogP contribution in [-0.2, 0) is 11.2 Å². The first-order chi connectivity index (χ1) is 11.6. The van der Waals surface area contributed by atoms with Crippen LogP contribution in [0.3, 0.4) is 0 Å². The lowest BCUT2D eigenvalue weighted by molar-refractivity contribution is -0.122. The van der Waals surface area contributed by atoms with Gasteiger partial charge in [0.15, 0.2) is 0 Å². The minimum atomic E-state index is -0.552. The van der Waals surface area contributed by atoms with Gasteiger partial charge in [-0.05, 0) is 37.0 Å². The molecular weight excluding hydrogens is 300 g/mol. The molecule has 2 rings (SSSR count). The average Bonchev–Trinajstić information content (AvgIpc) is 2.60. The number of nitrogens with one attached hydrogen (secondary N) is 1. The average molecular weight is 326 g/mol. The number of amides is 1. The van der Waals surface area contributed by atoms with E-state index in [9.17, 15) is 4.79 Å². The van der Waals surface area contributed by atoms with E-state index in [1.54, 1.807) is 0 Å². The summed E-state index contributed by atoms with van der Waals surface area (Å²) in [5.41, 5.74) is 8.15. The van der Waals surface area contributed by atoms with E-state index in [4.69, 9.17) is 10.5 Å². The Morgan fingerprint density at radius 2 is 1.79 bits per heavy atom. The second kappa shape index (κ2) is 9.08. The maximum Gasteiger partial charge on any atom is 0.237 e. The van der Waals surface area contributed by atoms with E-state index in [0.717, 1.165) is 23.3 Å². The molecule has 0 aliphatic heterocycles. The monoisotopic (exact) mass is 326 g/mol. The smallest absolute Gasteiger partial charge is 0.237 e. The summed E-state index contributed by atoms with van der Waals surface area (Å²) in [6.45, 7) is 4.50. The summed E-state index contributed by atoms with van der Waals surface area (Å²) in [6, 6.07) is 17.1. The van der Waals surface area contributed by atoms with E-state index in [-0.39, 0.29) is 12.0 Å². The number of nitrogens with two attached hydrogens (primary N) is 1. The van der Waals surface area contributed by atoms with Crippen LogP contribution in [-0.4, -0.2) is 24.6 Å². The molecule has 4 nitrogen and oxygen atoms in total. The van der Waals surface area contributed by atoms with Crippen molar-refractivity contribution in [3.63, 3.8) is 0 Å². The number of para-hydroxylation sites is 1. The van der Waals surface area contributed by atoms with E-state index >= 15 is 0 Å². The molecule has 2 atom stereocenters. The molecule has 3 N–H and O–H groups in total. The molecule has 24 heavy (non-hydrogen) atoms. The van der Waals surface area contributed by atoms with Crippen molar-refractivity contribution >= 4 is 5.91 Å².